The third-order valence-electron chi connectivity index (χ3n) is 4.30. The number of nitrogens with one attached hydrogen (secondary N) is 1. The number of aromatic amines is 1. The second-order valence-corrected chi connectivity index (χ2v) is 7.00. The molecule has 0 aliphatic heterocycles. The van der Waals surface area contributed by atoms with Crippen LogP contribution in [0.25, 0.3) is 22.5 Å². The van der Waals surface area contributed by atoms with Crippen molar-refractivity contribution >= 4 is 17.7 Å². The average molecular weight is 386 g/mol. The van der Waals surface area contributed by atoms with Crippen molar-refractivity contribution in [2.24, 2.45) is 5.92 Å². The number of carboxylic acid groups (broad SMARTS) is 1. The Balaban J connectivity index is 1.82. The minimum Gasteiger partial charge on any atom is -0.480 e. The van der Waals surface area contributed by atoms with Crippen molar-refractivity contribution in [2.75, 3.05) is 0 Å². The summed E-state index contributed by atoms with van der Waals surface area (Å²) >= 11 is 6.25. The number of carbonyl (C=O) groups is 1. The van der Waals surface area contributed by atoms with Gasteiger partial charge in [0.15, 0.2) is 0 Å². The van der Waals surface area contributed by atoms with E-state index in [0.717, 1.165) is 22.3 Å². The smallest absolute Gasteiger partial charge is 0.322 e. The van der Waals surface area contributed by atoms with E-state index in [1.165, 1.54) is 4.42 Å². The van der Waals surface area contributed by atoms with Gasteiger partial charge in [0.25, 0.3) is 0 Å². The fourth-order valence-corrected chi connectivity index (χ4v) is 3.44. The van der Waals surface area contributed by atoms with Gasteiger partial charge in [-0.2, -0.15) is 5.21 Å². The Morgan fingerprint density at radius 3 is 2.37 bits per heavy atom. The van der Waals surface area contributed by atoms with Gasteiger partial charge in [-0.3, -0.25) is 4.79 Å². The van der Waals surface area contributed by atoms with Gasteiger partial charge < -0.3 is 5.11 Å². The van der Waals surface area contributed by atoms with Gasteiger partial charge in [0, 0.05) is 12.1 Å². The molecule has 0 aliphatic carbocycles. The number of H-pyrrole nitrogens is 1. The molecule has 0 radical (unpaired) electrons. The number of aromatic nitrogens is 4. The highest BCUT2D eigenvalue weighted by Crippen LogP contribution is 2.30. The van der Waals surface area contributed by atoms with Gasteiger partial charge in [-0.15, -0.1) is 10.2 Å². The molecule has 3 rings (SSSR count). The van der Waals surface area contributed by atoms with Crippen molar-refractivity contribution in [2.45, 2.75) is 26.4 Å². The number of tetrazole rings is 1. The van der Waals surface area contributed by atoms with Gasteiger partial charge in [-0.1, -0.05) is 62.4 Å². The molecule has 0 saturated heterocycles. The highest BCUT2D eigenvalue weighted by Gasteiger charge is 2.27. The number of carboxylic acids is 1. The van der Waals surface area contributed by atoms with E-state index >= 15 is 0 Å². The average Bonchev–Trinajstić information content (AvgIpc) is 3.16. The molecule has 0 aliphatic rings. The van der Waals surface area contributed by atoms with E-state index in [9.17, 15) is 9.90 Å². The number of rotatable bonds is 7. The molecule has 3 aromatic rings. The van der Waals surface area contributed by atoms with E-state index < -0.39 is 12.0 Å². The van der Waals surface area contributed by atoms with Crippen molar-refractivity contribution in [3.8, 4) is 22.5 Å². The Kier molecular flexibility index (Phi) is 5.83. The molecular weight excluding hydrogens is 366 g/mol. The molecular formula is C19H20ClN5O2. The van der Waals surface area contributed by atoms with Crippen LogP contribution in [-0.2, 0) is 11.3 Å². The molecule has 0 unspecified atom stereocenters. The second-order valence-electron chi connectivity index (χ2n) is 6.56. The first-order valence-corrected chi connectivity index (χ1v) is 8.88. The maximum atomic E-state index is 11.4. The molecule has 0 bridgehead atoms. The zero-order chi connectivity index (χ0) is 19.4. The second kappa shape index (κ2) is 8.28. The summed E-state index contributed by atoms with van der Waals surface area (Å²) < 4.78 is 1.34. The number of hydrogen-bond acceptors (Lipinski definition) is 5. The van der Waals surface area contributed by atoms with Crippen LogP contribution in [0.15, 0.2) is 48.5 Å². The molecule has 1 heterocycles. The first kappa shape index (κ1) is 19.0. The van der Waals surface area contributed by atoms with E-state index in [4.69, 9.17) is 11.8 Å². The molecule has 0 fully saturated rings. The third-order valence-corrected chi connectivity index (χ3v) is 4.63. The number of halogens is 1. The van der Waals surface area contributed by atoms with E-state index in [2.05, 4.69) is 20.6 Å². The Morgan fingerprint density at radius 1 is 1.15 bits per heavy atom. The normalized spacial score (nSPS) is 12.5. The van der Waals surface area contributed by atoms with Gasteiger partial charge in [0.1, 0.15) is 6.04 Å². The predicted octanol–water partition coefficient (Wildman–Crippen LogP) is 3.60. The zero-order valence-electron chi connectivity index (χ0n) is 15.0. The summed E-state index contributed by atoms with van der Waals surface area (Å²) in [5.74, 6) is -0.491. The summed E-state index contributed by atoms with van der Waals surface area (Å²) in [6, 6.07) is 14.9. The van der Waals surface area contributed by atoms with Crippen molar-refractivity contribution in [1.29, 1.82) is 0 Å². The van der Waals surface area contributed by atoms with Crippen molar-refractivity contribution in [1.82, 2.24) is 25.0 Å². The van der Waals surface area contributed by atoms with Gasteiger partial charge in [0.05, 0.1) is 0 Å². The largest absolute Gasteiger partial charge is 0.480 e. The fraction of sp³-hybridized carbons (Fsp3) is 0.263. The monoisotopic (exact) mass is 385 g/mol. The predicted molar refractivity (Wildman–Crippen MR) is 103 cm³/mol. The number of aliphatic carboxylic acids is 1. The first-order valence-electron chi connectivity index (χ1n) is 8.54. The highest BCUT2D eigenvalue weighted by molar-refractivity contribution is 6.14. The quantitative estimate of drug-likeness (QED) is 0.603. The molecule has 1 atom stereocenters. The van der Waals surface area contributed by atoms with E-state index in [-0.39, 0.29) is 5.92 Å². The third kappa shape index (κ3) is 4.32. The molecule has 7 nitrogen and oxygen atoms in total. The van der Waals surface area contributed by atoms with Gasteiger partial charge in [-0.05, 0) is 39.6 Å². The van der Waals surface area contributed by atoms with Crippen LogP contribution in [0, 0.1) is 5.92 Å². The van der Waals surface area contributed by atoms with Crippen LogP contribution in [-0.4, -0.2) is 42.2 Å². The lowest BCUT2D eigenvalue weighted by Crippen LogP contribution is -2.38. The summed E-state index contributed by atoms with van der Waals surface area (Å²) in [6.45, 7) is 4.02. The highest BCUT2D eigenvalue weighted by atomic mass is 35.5. The SMILES string of the molecule is CC(C)[C@@H](C(=O)O)N(Cl)Cc1ccc(-c2ccccc2-c2nn[nH]n2)cc1. The topological polar surface area (TPSA) is 95.0 Å². The lowest BCUT2D eigenvalue weighted by molar-refractivity contribution is -0.143. The summed E-state index contributed by atoms with van der Waals surface area (Å²) in [5, 5.41) is 23.6. The fourth-order valence-electron chi connectivity index (χ4n) is 3.00. The molecule has 8 heteroatoms. The summed E-state index contributed by atoms with van der Waals surface area (Å²) in [4.78, 5) is 11.4. The maximum Gasteiger partial charge on any atom is 0.322 e. The minimum absolute atomic E-state index is 0.0962. The van der Waals surface area contributed by atoms with Crippen LogP contribution in [0.3, 0.4) is 0 Å². The van der Waals surface area contributed by atoms with E-state index in [0.29, 0.717) is 12.4 Å². The Hall–Kier alpha value is -2.77. The lowest BCUT2D eigenvalue weighted by atomic mass is 9.98. The molecule has 140 valence electrons. The van der Waals surface area contributed by atoms with Crippen LogP contribution in [0.1, 0.15) is 19.4 Å². The molecule has 0 spiro atoms. The summed E-state index contributed by atoms with van der Waals surface area (Å²) in [5.41, 5.74) is 3.79. The van der Waals surface area contributed by atoms with Gasteiger partial charge in [0.2, 0.25) is 5.82 Å². The van der Waals surface area contributed by atoms with Crippen molar-refractivity contribution < 1.29 is 9.90 Å². The standard InChI is InChI=1S/C19H20ClN5O2/c1-12(2)17(19(26)27)25(20)11-13-7-9-14(10-8-13)15-5-3-4-6-16(15)18-21-23-24-22-18/h3-10,12,17H,11H2,1-2H3,(H,26,27)(H,21,22,23,24)/t17-/m0/s1. The van der Waals surface area contributed by atoms with Crippen LogP contribution < -0.4 is 0 Å². The van der Waals surface area contributed by atoms with Crippen molar-refractivity contribution in [3.05, 3.63) is 54.1 Å². The lowest BCUT2D eigenvalue weighted by Gasteiger charge is -2.24. The van der Waals surface area contributed by atoms with Crippen LogP contribution in [0.2, 0.25) is 0 Å². The van der Waals surface area contributed by atoms with E-state index in [1.54, 1.807) is 0 Å². The minimum atomic E-state index is -0.925. The van der Waals surface area contributed by atoms with Crippen LogP contribution in [0.4, 0.5) is 0 Å². The molecule has 2 aromatic carbocycles. The molecule has 2 N–H and O–H groups in total. The van der Waals surface area contributed by atoms with Gasteiger partial charge in [-0.25, -0.2) is 4.42 Å². The van der Waals surface area contributed by atoms with Crippen LogP contribution in [0.5, 0.6) is 0 Å². The van der Waals surface area contributed by atoms with Crippen molar-refractivity contribution in [3.63, 3.8) is 0 Å². The maximum absolute atomic E-state index is 11.4. The Morgan fingerprint density at radius 2 is 1.81 bits per heavy atom. The number of benzene rings is 2. The Labute approximate surface area is 162 Å². The van der Waals surface area contributed by atoms with Crippen LogP contribution >= 0.6 is 11.8 Å². The van der Waals surface area contributed by atoms with Gasteiger partial charge >= 0.3 is 5.97 Å². The van der Waals surface area contributed by atoms with E-state index in [1.807, 2.05) is 62.4 Å². The number of hydrogen-bond donors (Lipinski definition) is 2. The molecule has 0 amide bonds. The first-order chi connectivity index (χ1) is 13.0. The molecule has 1 aromatic heterocycles. The molecule has 0 saturated carbocycles. The zero-order valence-corrected chi connectivity index (χ0v) is 15.8. The number of nitrogens with zero attached hydrogens (tertiary/aromatic N) is 4. The summed E-state index contributed by atoms with van der Waals surface area (Å²) in [6.07, 6.45) is 0. The molecule has 27 heavy (non-hydrogen) atoms. The Bertz CT molecular complexity index is 897. The summed E-state index contributed by atoms with van der Waals surface area (Å²) in [7, 11) is 0.